The van der Waals surface area contributed by atoms with Gasteiger partial charge in [0, 0.05) is 29.4 Å². The molecule has 0 fully saturated rings. The minimum absolute atomic E-state index is 0.131. The van der Waals surface area contributed by atoms with E-state index < -0.39 is 0 Å². The van der Waals surface area contributed by atoms with Gasteiger partial charge in [0.15, 0.2) is 0 Å². The summed E-state index contributed by atoms with van der Waals surface area (Å²) >= 11 is 1.53. The van der Waals surface area contributed by atoms with Gasteiger partial charge in [0.25, 0.3) is 0 Å². The molecule has 1 atom stereocenters. The van der Waals surface area contributed by atoms with Crippen LogP contribution in [0, 0.1) is 17.1 Å². The summed E-state index contributed by atoms with van der Waals surface area (Å²) in [4.78, 5) is 13.5. The van der Waals surface area contributed by atoms with E-state index in [0.29, 0.717) is 22.7 Å². The fourth-order valence-electron chi connectivity index (χ4n) is 3.30. The fourth-order valence-corrected chi connectivity index (χ4v) is 4.56. The summed E-state index contributed by atoms with van der Waals surface area (Å²) in [6.45, 7) is 2.31. The Bertz CT molecular complexity index is 840. The Morgan fingerprint density at radius 1 is 1.35 bits per heavy atom. The van der Waals surface area contributed by atoms with E-state index in [1.54, 1.807) is 18.2 Å². The van der Waals surface area contributed by atoms with E-state index in [0.717, 1.165) is 31.2 Å². The number of halogens is 1. The number of hydrogen-bond acceptors (Lipinski definition) is 4. The Morgan fingerprint density at radius 3 is 2.88 bits per heavy atom. The Labute approximate surface area is 157 Å². The van der Waals surface area contributed by atoms with E-state index in [1.807, 2.05) is 6.92 Å². The van der Waals surface area contributed by atoms with Crippen LogP contribution in [0.5, 0.6) is 0 Å². The molecule has 1 heterocycles. The summed E-state index contributed by atoms with van der Waals surface area (Å²) in [6.07, 6.45) is 4.43. The highest BCUT2D eigenvalue weighted by Crippen LogP contribution is 2.37. The molecule has 2 N–H and O–H groups in total. The Balaban J connectivity index is 1.54. The van der Waals surface area contributed by atoms with Gasteiger partial charge in [-0.1, -0.05) is 18.2 Å². The topological polar surface area (TPSA) is 64.9 Å². The van der Waals surface area contributed by atoms with Crippen molar-refractivity contribution in [3.05, 3.63) is 51.7 Å². The monoisotopic (exact) mass is 371 g/mol. The first kappa shape index (κ1) is 18.6. The lowest BCUT2D eigenvalue weighted by atomic mass is 9.96. The number of thiophene rings is 1. The molecule has 6 heteroatoms. The maximum Gasteiger partial charge on any atom is 0.226 e. The Hall–Kier alpha value is -2.23. The van der Waals surface area contributed by atoms with Crippen LogP contribution < -0.4 is 10.6 Å². The number of benzene rings is 1. The van der Waals surface area contributed by atoms with Gasteiger partial charge in [-0.3, -0.25) is 4.79 Å². The number of rotatable bonds is 6. The molecule has 1 unspecified atom stereocenters. The van der Waals surface area contributed by atoms with E-state index in [1.165, 1.54) is 22.3 Å². The summed E-state index contributed by atoms with van der Waals surface area (Å²) in [7, 11) is 0. The molecule has 1 amide bonds. The number of carbonyl (C=O) groups is 1. The van der Waals surface area contributed by atoms with Gasteiger partial charge in [-0.2, -0.15) is 5.26 Å². The molecule has 4 nitrogen and oxygen atoms in total. The van der Waals surface area contributed by atoms with Gasteiger partial charge in [0.2, 0.25) is 5.91 Å². The number of aryl methyl sites for hydroxylation is 1. The molecule has 1 aliphatic carbocycles. The van der Waals surface area contributed by atoms with Crippen LogP contribution in [0.2, 0.25) is 0 Å². The summed E-state index contributed by atoms with van der Waals surface area (Å²) in [5.74, 6) is -0.381. The van der Waals surface area contributed by atoms with Crippen molar-refractivity contribution in [1.29, 1.82) is 5.26 Å². The molecule has 26 heavy (non-hydrogen) atoms. The standard InChI is InChI=1S/C20H22FN3OS/c1-13(14-6-2-4-8-17(14)21)23-11-10-19(25)24-20-16(12-22)15-7-3-5-9-18(15)26-20/h2,4,6,8,13,23H,3,5,7,9-11H2,1H3,(H,24,25). The van der Waals surface area contributed by atoms with Gasteiger partial charge in [0.05, 0.1) is 5.56 Å². The third-order valence-electron chi connectivity index (χ3n) is 4.71. The first-order valence-corrected chi connectivity index (χ1v) is 9.74. The van der Waals surface area contributed by atoms with Crippen molar-refractivity contribution in [3.8, 4) is 6.07 Å². The average molecular weight is 371 g/mol. The zero-order valence-corrected chi connectivity index (χ0v) is 15.6. The number of carbonyl (C=O) groups excluding carboxylic acids is 1. The van der Waals surface area contributed by atoms with Crippen LogP contribution in [0.3, 0.4) is 0 Å². The first-order chi connectivity index (χ1) is 12.6. The maximum atomic E-state index is 13.8. The molecular formula is C20H22FN3OS. The number of amides is 1. The first-order valence-electron chi connectivity index (χ1n) is 8.92. The molecule has 0 spiro atoms. The van der Waals surface area contributed by atoms with Crippen LogP contribution in [0.4, 0.5) is 9.39 Å². The number of fused-ring (bicyclic) bond motifs is 1. The molecule has 1 aromatic carbocycles. The average Bonchev–Trinajstić information content (AvgIpc) is 2.98. The molecule has 0 bridgehead atoms. The van der Waals surface area contributed by atoms with Gasteiger partial charge >= 0.3 is 0 Å². The minimum Gasteiger partial charge on any atom is -0.317 e. The number of nitriles is 1. The highest BCUT2D eigenvalue weighted by molar-refractivity contribution is 7.16. The SMILES string of the molecule is CC(NCCC(=O)Nc1sc2c(c1C#N)CCCC2)c1ccccc1F. The Kier molecular flexibility index (Phi) is 6.02. The number of anilines is 1. The van der Waals surface area contributed by atoms with E-state index in [2.05, 4.69) is 16.7 Å². The van der Waals surface area contributed by atoms with Crippen molar-refractivity contribution in [2.75, 3.05) is 11.9 Å². The predicted molar refractivity (Wildman–Crippen MR) is 102 cm³/mol. The van der Waals surface area contributed by atoms with Crippen LogP contribution in [0.1, 0.15) is 53.8 Å². The second kappa shape index (κ2) is 8.43. The molecule has 2 aromatic rings. The molecule has 0 saturated carbocycles. The lowest BCUT2D eigenvalue weighted by Crippen LogP contribution is -2.25. The molecule has 1 aliphatic rings. The van der Waals surface area contributed by atoms with Crippen molar-refractivity contribution < 1.29 is 9.18 Å². The third-order valence-corrected chi connectivity index (χ3v) is 5.92. The lowest BCUT2D eigenvalue weighted by molar-refractivity contribution is -0.116. The molecule has 0 aliphatic heterocycles. The minimum atomic E-state index is -0.250. The van der Waals surface area contributed by atoms with Crippen LogP contribution in [0.25, 0.3) is 0 Å². The van der Waals surface area contributed by atoms with Gasteiger partial charge in [-0.15, -0.1) is 11.3 Å². The van der Waals surface area contributed by atoms with E-state index in [4.69, 9.17) is 0 Å². The van der Waals surface area contributed by atoms with E-state index in [9.17, 15) is 14.4 Å². The van der Waals surface area contributed by atoms with Crippen LogP contribution in [0.15, 0.2) is 24.3 Å². The summed E-state index contributed by atoms with van der Waals surface area (Å²) in [5.41, 5.74) is 2.33. The number of nitrogens with one attached hydrogen (secondary N) is 2. The van der Waals surface area contributed by atoms with Crippen LogP contribution in [-0.2, 0) is 17.6 Å². The summed E-state index contributed by atoms with van der Waals surface area (Å²) in [5, 5.41) is 16.2. The van der Waals surface area contributed by atoms with Crippen molar-refractivity contribution in [1.82, 2.24) is 5.32 Å². The smallest absolute Gasteiger partial charge is 0.226 e. The maximum absolute atomic E-state index is 13.8. The fraction of sp³-hybridized carbons (Fsp3) is 0.400. The highest BCUT2D eigenvalue weighted by atomic mass is 32.1. The van der Waals surface area contributed by atoms with E-state index in [-0.39, 0.29) is 24.2 Å². The van der Waals surface area contributed by atoms with Crippen molar-refractivity contribution in [2.45, 2.75) is 45.1 Å². The zero-order valence-electron chi connectivity index (χ0n) is 14.8. The van der Waals surface area contributed by atoms with Crippen molar-refractivity contribution in [2.24, 2.45) is 0 Å². The van der Waals surface area contributed by atoms with Crippen molar-refractivity contribution >= 4 is 22.2 Å². The highest BCUT2D eigenvalue weighted by Gasteiger charge is 2.21. The quantitative estimate of drug-likeness (QED) is 0.795. The Morgan fingerprint density at radius 2 is 2.12 bits per heavy atom. The zero-order chi connectivity index (χ0) is 18.5. The van der Waals surface area contributed by atoms with Gasteiger partial charge < -0.3 is 10.6 Å². The normalized spacial score (nSPS) is 14.3. The van der Waals surface area contributed by atoms with E-state index >= 15 is 0 Å². The number of nitrogens with zero attached hydrogens (tertiary/aromatic N) is 1. The van der Waals surface area contributed by atoms with Gasteiger partial charge in [0.1, 0.15) is 16.9 Å². The third kappa shape index (κ3) is 4.12. The molecule has 136 valence electrons. The van der Waals surface area contributed by atoms with Crippen LogP contribution >= 0.6 is 11.3 Å². The molecule has 3 rings (SSSR count). The second-order valence-electron chi connectivity index (χ2n) is 6.52. The largest absolute Gasteiger partial charge is 0.317 e. The van der Waals surface area contributed by atoms with Crippen molar-refractivity contribution in [3.63, 3.8) is 0 Å². The molecule has 0 saturated heterocycles. The van der Waals surface area contributed by atoms with Crippen LogP contribution in [-0.4, -0.2) is 12.5 Å². The number of hydrogen-bond donors (Lipinski definition) is 2. The molecular weight excluding hydrogens is 349 g/mol. The molecule has 1 aromatic heterocycles. The second-order valence-corrected chi connectivity index (χ2v) is 7.63. The summed E-state index contributed by atoms with van der Waals surface area (Å²) in [6, 6.07) is 8.70. The summed E-state index contributed by atoms with van der Waals surface area (Å²) < 4.78 is 13.8. The molecule has 0 radical (unpaired) electrons. The van der Waals surface area contributed by atoms with Gasteiger partial charge in [-0.05, 0) is 44.2 Å². The van der Waals surface area contributed by atoms with Gasteiger partial charge in [-0.25, -0.2) is 4.39 Å². The predicted octanol–water partition coefficient (Wildman–Crippen LogP) is 4.32. The lowest BCUT2D eigenvalue weighted by Gasteiger charge is -2.14.